The van der Waals surface area contributed by atoms with E-state index in [0.29, 0.717) is 24.3 Å². The SMILES string of the molecule is CN=C(NCc1noc(C)n1)N1CCC(N(C)Cc2ccccc2)C1.I. The molecule has 0 aliphatic carbocycles. The van der Waals surface area contributed by atoms with Crippen LogP contribution in [0, 0.1) is 6.92 Å². The number of likely N-dealkylation sites (tertiary alicyclic amines) is 1. The lowest BCUT2D eigenvalue weighted by atomic mass is 10.1. The fourth-order valence-electron chi connectivity index (χ4n) is 3.20. The van der Waals surface area contributed by atoms with Gasteiger partial charge in [-0.3, -0.25) is 9.89 Å². The summed E-state index contributed by atoms with van der Waals surface area (Å²) >= 11 is 0. The molecule has 1 N–H and O–H groups in total. The van der Waals surface area contributed by atoms with Crippen molar-refractivity contribution < 1.29 is 4.52 Å². The standard InChI is InChI=1S/C18H26N6O.HI/c1-14-21-17(22-25-14)11-20-18(19-2)24-10-9-16(13-24)23(3)12-15-7-5-4-6-8-15;/h4-8,16H,9-13H2,1-3H3,(H,19,20);1H. The molecule has 2 aromatic rings. The third-order valence-corrected chi connectivity index (χ3v) is 4.55. The first-order valence-corrected chi connectivity index (χ1v) is 8.64. The molecule has 1 fully saturated rings. The van der Waals surface area contributed by atoms with Crippen LogP contribution in [0.15, 0.2) is 39.8 Å². The Bertz CT molecular complexity index is 705. The first kappa shape index (κ1) is 20.6. The molecule has 1 aromatic heterocycles. The van der Waals surface area contributed by atoms with Crippen LogP contribution >= 0.6 is 24.0 Å². The zero-order valence-corrected chi connectivity index (χ0v) is 17.9. The summed E-state index contributed by atoms with van der Waals surface area (Å²) in [5.74, 6) is 2.12. The quantitative estimate of drug-likeness (QED) is 0.411. The van der Waals surface area contributed by atoms with Crippen LogP contribution in [0.3, 0.4) is 0 Å². The highest BCUT2D eigenvalue weighted by Gasteiger charge is 2.27. The predicted molar refractivity (Wildman–Crippen MR) is 113 cm³/mol. The molecule has 1 aromatic carbocycles. The van der Waals surface area contributed by atoms with Crippen LogP contribution in [0.4, 0.5) is 0 Å². The Morgan fingerprint density at radius 3 is 2.81 bits per heavy atom. The largest absolute Gasteiger partial charge is 0.349 e. The van der Waals surface area contributed by atoms with Crippen molar-refractivity contribution in [3.63, 3.8) is 0 Å². The Hall–Kier alpha value is -1.68. The van der Waals surface area contributed by atoms with Gasteiger partial charge >= 0.3 is 0 Å². The summed E-state index contributed by atoms with van der Waals surface area (Å²) in [5, 5.41) is 7.23. The zero-order valence-electron chi connectivity index (χ0n) is 15.6. The maximum atomic E-state index is 5.00. The third-order valence-electron chi connectivity index (χ3n) is 4.55. The van der Waals surface area contributed by atoms with E-state index in [9.17, 15) is 0 Å². The average molecular weight is 470 g/mol. The van der Waals surface area contributed by atoms with Crippen LogP contribution in [0.1, 0.15) is 23.7 Å². The fourth-order valence-corrected chi connectivity index (χ4v) is 3.20. The summed E-state index contributed by atoms with van der Waals surface area (Å²) in [6, 6.07) is 11.1. The van der Waals surface area contributed by atoms with Crippen molar-refractivity contribution in [1.82, 2.24) is 25.3 Å². The number of nitrogens with zero attached hydrogens (tertiary/aromatic N) is 5. The van der Waals surface area contributed by atoms with Crippen LogP contribution in [0.2, 0.25) is 0 Å². The molecule has 1 aliphatic rings. The van der Waals surface area contributed by atoms with Crippen molar-refractivity contribution in [3.8, 4) is 0 Å². The van der Waals surface area contributed by atoms with Gasteiger partial charge in [-0.05, 0) is 19.0 Å². The summed E-state index contributed by atoms with van der Waals surface area (Å²) in [6.07, 6.45) is 1.13. The van der Waals surface area contributed by atoms with Crippen molar-refractivity contribution in [2.24, 2.45) is 4.99 Å². The van der Waals surface area contributed by atoms with Gasteiger partial charge in [0.1, 0.15) is 0 Å². The second-order valence-corrected chi connectivity index (χ2v) is 6.42. The second kappa shape index (κ2) is 9.86. The van der Waals surface area contributed by atoms with E-state index in [-0.39, 0.29) is 24.0 Å². The number of aryl methyl sites for hydroxylation is 1. The Morgan fingerprint density at radius 1 is 1.38 bits per heavy atom. The molecule has 1 unspecified atom stereocenters. The van der Waals surface area contributed by atoms with E-state index < -0.39 is 0 Å². The number of guanidine groups is 1. The summed E-state index contributed by atoms with van der Waals surface area (Å²) in [7, 11) is 4.00. The van der Waals surface area contributed by atoms with Crippen LogP contribution in [-0.2, 0) is 13.1 Å². The van der Waals surface area contributed by atoms with Gasteiger partial charge in [-0.2, -0.15) is 4.98 Å². The summed E-state index contributed by atoms with van der Waals surface area (Å²) in [6.45, 7) is 5.24. The smallest absolute Gasteiger partial charge is 0.223 e. The summed E-state index contributed by atoms with van der Waals surface area (Å²) in [4.78, 5) is 13.3. The molecule has 0 amide bonds. The highest BCUT2D eigenvalue weighted by atomic mass is 127. The maximum Gasteiger partial charge on any atom is 0.223 e. The number of likely N-dealkylation sites (N-methyl/N-ethyl adjacent to an activating group) is 1. The molecule has 2 heterocycles. The van der Waals surface area contributed by atoms with Gasteiger partial charge in [0.15, 0.2) is 11.8 Å². The van der Waals surface area contributed by atoms with E-state index in [1.807, 2.05) is 7.05 Å². The highest BCUT2D eigenvalue weighted by molar-refractivity contribution is 14.0. The van der Waals surface area contributed by atoms with Crippen molar-refractivity contribution in [1.29, 1.82) is 0 Å². The lowest BCUT2D eigenvalue weighted by Crippen LogP contribution is -2.42. The number of hydrogen-bond acceptors (Lipinski definition) is 5. The minimum atomic E-state index is 0. The number of aliphatic imine (C=N–C) groups is 1. The van der Waals surface area contributed by atoms with Gasteiger partial charge in [0.05, 0.1) is 6.54 Å². The first-order chi connectivity index (χ1) is 12.2. The Kier molecular flexibility index (Phi) is 7.83. The first-order valence-electron chi connectivity index (χ1n) is 8.64. The Labute approximate surface area is 171 Å². The molecule has 1 atom stereocenters. The van der Waals surface area contributed by atoms with Crippen molar-refractivity contribution >= 4 is 29.9 Å². The molecule has 8 heteroatoms. The molecule has 26 heavy (non-hydrogen) atoms. The Morgan fingerprint density at radius 2 is 2.15 bits per heavy atom. The Balaban J connectivity index is 0.00000243. The van der Waals surface area contributed by atoms with Gasteiger partial charge in [0.2, 0.25) is 5.89 Å². The molecule has 0 bridgehead atoms. The second-order valence-electron chi connectivity index (χ2n) is 6.42. The number of rotatable bonds is 5. The molecule has 142 valence electrons. The van der Waals surface area contributed by atoms with Crippen molar-refractivity contribution in [2.75, 3.05) is 27.2 Å². The normalized spacial score (nSPS) is 17.5. The summed E-state index contributed by atoms with van der Waals surface area (Å²) < 4.78 is 5.00. The lowest BCUT2D eigenvalue weighted by molar-refractivity contribution is 0.240. The molecule has 0 radical (unpaired) electrons. The minimum Gasteiger partial charge on any atom is -0.349 e. The summed E-state index contributed by atoms with van der Waals surface area (Å²) in [5.41, 5.74) is 1.35. The minimum absolute atomic E-state index is 0. The predicted octanol–water partition coefficient (Wildman–Crippen LogP) is 2.28. The van der Waals surface area contributed by atoms with Gasteiger partial charge in [0.25, 0.3) is 0 Å². The average Bonchev–Trinajstić information content (AvgIpc) is 3.26. The monoisotopic (exact) mass is 470 g/mol. The van der Waals surface area contributed by atoms with Crippen LogP contribution < -0.4 is 5.32 Å². The highest BCUT2D eigenvalue weighted by Crippen LogP contribution is 2.17. The molecule has 3 rings (SSSR count). The molecule has 0 spiro atoms. The molecular weight excluding hydrogens is 443 g/mol. The van der Waals surface area contributed by atoms with Crippen LogP contribution in [0.5, 0.6) is 0 Å². The van der Waals surface area contributed by atoms with E-state index in [4.69, 9.17) is 4.52 Å². The molecule has 1 saturated heterocycles. The van der Waals surface area contributed by atoms with E-state index in [0.717, 1.165) is 32.0 Å². The number of benzene rings is 1. The molecule has 1 aliphatic heterocycles. The van der Waals surface area contributed by atoms with E-state index >= 15 is 0 Å². The van der Waals surface area contributed by atoms with Gasteiger partial charge in [-0.25, -0.2) is 0 Å². The van der Waals surface area contributed by atoms with Crippen LogP contribution in [-0.4, -0.2) is 59.1 Å². The van der Waals surface area contributed by atoms with Gasteiger partial charge in [0, 0.05) is 39.6 Å². The topological polar surface area (TPSA) is 69.8 Å². The molecular formula is C18H27IN6O. The number of hydrogen-bond donors (Lipinski definition) is 1. The van der Waals surface area contributed by atoms with Gasteiger partial charge in [-0.15, -0.1) is 24.0 Å². The van der Waals surface area contributed by atoms with E-state index in [2.05, 4.69) is 67.6 Å². The lowest BCUT2D eigenvalue weighted by Gasteiger charge is -2.26. The van der Waals surface area contributed by atoms with E-state index in [1.54, 1.807) is 6.92 Å². The van der Waals surface area contributed by atoms with Gasteiger partial charge in [-0.1, -0.05) is 35.5 Å². The molecule has 0 saturated carbocycles. The van der Waals surface area contributed by atoms with Gasteiger partial charge < -0.3 is 14.7 Å². The maximum absolute atomic E-state index is 5.00. The number of nitrogens with one attached hydrogen (secondary N) is 1. The van der Waals surface area contributed by atoms with Crippen molar-refractivity contribution in [2.45, 2.75) is 32.5 Å². The van der Waals surface area contributed by atoms with Crippen molar-refractivity contribution in [3.05, 3.63) is 47.6 Å². The fraction of sp³-hybridized carbons (Fsp3) is 0.500. The van der Waals surface area contributed by atoms with E-state index in [1.165, 1.54) is 5.56 Å². The molecule has 7 nitrogen and oxygen atoms in total. The number of halogens is 1. The number of aromatic nitrogens is 2. The zero-order chi connectivity index (χ0) is 17.6. The van der Waals surface area contributed by atoms with Crippen LogP contribution in [0.25, 0.3) is 0 Å². The third kappa shape index (κ3) is 5.41.